The number of nitriles is 1. The Bertz CT molecular complexity index is 783. The molecule has 0 aliphatic heterocycles. The first-order valence-electron chi connectivity index (χ1n) is 5.84. The monoisotopic (exact) mass is 295 g/mol. The lowest BCUT2D eigenvalue weighted by Crippen LogP contribution is -1.94. The van der Waals surface area contributed by atoms with Crippen LogP contribution in [-0.2, 0) is 0 Å². The summed E-state index contributed by atoms with van der Waals surface area (Å²) in [6.07, 6.45) is 3.02. The van der Waals surface area contributed by atoms with Crippen LogP contribution in [-0.4, -0.2) is 16.2 Å². The van der Waals surface area contributed by atoms with E-state index in [1.54, 1.807) is 24.3 Å². The molecule has 0 amide bonds. The second-order valence-electron chi connectivity index (χ2n) is 3.97. The summed E-state index contributed by atoms with van der Waals surface area (Å²) in [6, 6.07) is 10.3. The minimum atomic E-state index is -0.500. The summed E-state index contributed by atoms with van der Waals surface area (Å²) in [5, 5.41) is 22.5. The van der Waals surface area contributed by atoms with Gasteiger partial charge in [0.1, 0.15) is 6.20 Å². The van der Waals surface area contributed by atoms with E-state index in [0.29, 0.717) is 16.8 Å². The van der Waals surface area contributed by atoms with Crippen LogP contribution in [0.3, 0.4) is 0 Å². The van der Waals surface area contributed by atoms with Gasteiger partial charge < -0.3 is 0 Å². The number of aromatic nitrogens is 1. The molecule has 0 fully saturated rings. The Kier molecular flexibility index (Phi) is 4.55. The highest BCUT2D eigenvalue weighted by molar-refractivity contribution is 8.03. The van der Waals surface area contributed by atoms with Crippen molar-refractivity contribution in [2.45, 2.75) is 0 Å². The van der Waals surface area contributed by atoms with E-state index in [4.69, 9.17) is 5.26 Å². The zero-order valence-corrected chi connectivity index (χ0v) is 11.8. The molecule has 0 bridgehead atoms. The topological polar surface area (TPSA) is 79.8 Å². The van der Waals surface area contributed by atoms with E-state index in [2.05, 4.69) is 16.2 Å². The second kappa shape index (κ2) is 6.56. The summed E-state index contributed by atoms with van der Waals surface area (Å²) in [5.74, 6) is 2.87. The smallest absolute Gasteiger partial charge is 0.258 e. The maximum absolute atomic E-state index is 10.8. The normalized spacial score (nSPS) is 9.33. The summed E-state index contributed by atoms with van der Waals surface area (Å²) in [4.78, 5) is 14.5. The fourth-order valence-corrected chi connectivity index (χ4v) is 1.90. The number of hydrogen-bond acceptors (Lipinski definition) is 5. The molecular formula is C15H9N3O2S. The molecule has 2 aromatic rings. The van der Waals surface area contributed by atoms with E-state index in [0.717, 1.165) is 5.56 Å². The van der Waals surface area contributed by atoms with E-state index >= 15 is 0 Å². The number of thioether (sulfide) groups is 1. The van der Waals surface area contributed by atoms with Crippen LogP contribution >= 0.6 is 11.8 Å². The van der Waals surface area contributed by atoms with Gasteiger partial charge in [0.05, 0.1) is 27.8 Å². The van der Waals surface area contributed by atoms with Crippen LogP contribution in [0.1, 0.15) is 11.1 Å². The number of benzene rings is 1. The molecule has 102 valence electrons. The maximum Gasteiger partial charge on any atom is 0.288 e. The van der Waals surface area contributed by atoms with Crippen molar-refractivity contribution >= 4 is 17.4 Å². The maximum atomic E-state index is 10.8. The fraction of sp³-hybridized carbons (Fsp3) is 0.0667. The zero-order valence-electron chi connectivity index (χ0n) is 11.0. The van der Waals surface area contributed by atoms with E-state index in [1.807, 2.05) is 12.3 Å². The van der Waals surface area contributed by atoms with Crippen molar-refractivity contribution in [2.24, 2.45) is 0 Å². The highest BCUT2D eigenvalue weighted by Gasteiger charge is 2.12. The van der Waals surface area contributed by atoms with Crippen LogP contribution in [0.15, 0.2) is 36.5 Å². The standard InChI is InChI=1S/C15H9N3O2S/c1-21-7-6-13-8-14(18(19)20)10-17-15(13)12-4-2-11(9-16)3-5-12/h2-5,8,10H,1H3. The molecule has 0 spiro atoms. The van der Waals surface area contributed by atoms with Gasteiger partial charge >= 0.3 is 0 Å². The summed E-state index contributed by atoms with van der Waals surface area (Å²) < 4.78 is 0. The third-order valence-corrected chi connectivity index (χ3v) is 2.97. The number of hydrogen-bond donors (Lipinski definition) is 0. The van der Waals surface area contributed by atoms with Gasteiger partial charge in [0.25, 0.3) is 5.69 Å². The molecule has 1 heterocycles. The Morgan fingerprint density at radius 3 is 2.62 bits per heavy atom. The molecule has 0 aliphatic carbocycles. The summed E-state index contributed by atoms with van der Waals surface area (Å²) in [5.41, 5.74) is 2.25. The average molecular weight is 295 g/mol. The molecule has 5 nitrogen and oxygen atoms in total. The van der Waals surface area contributed by atoms with Crippen molar-refractivity contribution in [1.29, 1.82) is 5.26 Å². The summed E-state index contributed by atoms with van der Waals surface area (Å²) >= 11 is 1.32. The highest BCUT2D eigenvalue weighted by atomic mass is 32.2. The molecule has 21 heavy (non-hydrogen) atoms. The summed E-state index contributed by atoms with van der Waals surface area (Å²) in [7, 11) is 0. The molecule has 0 radical (unpaired) electrons. The predicted octanol–water partition coefficient (Wildman–Crippen LogP) is 3.20. The van der Waals surface area contributed by atoms with E-state index in [9.17, 15) is 10.1 Å². The van der Waals surface area contributed by atoms with Gasteiger partial charge in [0, 0.05) is 11.6 Å². The molecule has 2 rings (SSSR count). The van der Waals surface area contributed by atoms with Crippen LogP contribution < -0.4 is 0 Å². The lowest BCUT2D eigenvalue weighted by atomic mass is 10.0. The van der Waals surface area contributed by atoms with E-state index in [1.165, 1.54) is 24.0 Å². The first kappa shape index (κ1) is 14.6. The second-order valence-corrected chi connectivity index (χ2v) is 4.58. The van der Waals surface area contributed by atoms with Crippen molar-refractivity contribution in [1.82, 2.24) is 4.98 Å². The van der Waals surface area contributed by atoms with Gasteiger partial charge in [0.15, 0.2) is 0 Å². The molecule has 1 aromatic heterocycles. The Hall–Kier alpha value is -2.83. The first-order valence-corrected chi connectivity index (χ1v) is 7.07. The van der Waals surface area contributed by atoms with Gasteiger partial charge in [-0.25, -0.2) is 4.98 Å². The summed E-state index contributed by atoms with van der Waals surface area (Å²) in [6.45, 7) is 0. The van der Waals surface area contributed by atoms with Gasteiger partial charge in [-0.1, -0.05) is 29.8 Å². The molecule has 0 saturated heterocycles. The zero-order chi connectivity index (χ0) is 15.2. The van der Waals surface area contributed by atoms with E-state index < -0.39 is 4.92 Å². The lowest BCUT2D eigenvalue weighted by molar-refractivity contribution is -0.385. The van der Waals surface area contributed by atoms with Crippen LogP contribution in [0.2, 0.25) is 0 Å². The Morgan fingerprint density at radius 2 is 2.05 bits per heavy atom. The van der Waals surface area contributed by atoms with Crippen LogP contribution in [0.25, 0.3) is 11.3 Å². The van der Waals surface area contributed by atoms with Crippen molar-refractivity contribution in [3.05, 3.63) is 57.8 Å². The Balaban J connectivity index is 2.55. The third kappa shape index (κ3) is 3.38. The van der Waals surface area contributed by atoms with Gasteiger partial charge in [-0.2, -0.15) is 5.26 Å². The minimum absolute atomic E-state index is 0.0993. The molecule has 0 saturated carbocycles. The SMILES string of the molecule is CSC#Cc1cc([N+](=O)[O-])cnc1-c1ccc(C#N)cc1. The molecular weight excluding hydrogens is 286 g/mol. The first-order chi connectivity index (χ1) is 10.2. The number of nitrogens with zero attached hydrogens (tertiary/aromatic N) is 3. The number of nitro groups is 1. The van der Waals surface area contributed by atoms with E-state index in [-0.39, 0.29) is 5.69 Å². The molecule has 0 atom stereocenters. The van der Waals surface area contributed by atoms with Crippen LogP contribution in [0.5, 0.6) is 0 Å². The highest BCUT2D eigenvalue weighted by Crippen LogP contribution is 2.24. The van der Waals surface area contributed by atoms with Crippen molar-refractivity contribution < 1.29 is 4.92 Å². The lowest BCUT2D eigenvalue weighted by Gasteiger charge is -2.04. The van der Waals surface area contributed by atoms with Crippen molar-refractivity contribution in [3.8, 4) is 28.5 Å². The van der Waals surface area contributed by atoms with Gasteiger partial charge in [-0.05, 0) is 23.6 Å². The molecule has 0 N–H and O–H groups in total. The Morgan fingerprint density at radius 1 is 1.33 bits per heavy atom. The third-order valence-electron chi connectivity index (χ3n) is 2.66. The Labute approximate surface area is 125 Å². The molecule has 1 aromatic carbocycles. The number of rotatable bonds is 2. The molecule has 0 unspecified atom stereocenters. The quantitative estimate of drug-likeness (QED) is 0.483. The largest absolute Gasteiger partial charge is 0.288 e. The molecule has 0 aliphatic rings. The van der Waals surface area contributed by atoms with Crippen LogP contribution in [0.4, 0.5) is 5.69 Å². The fourth-order valence-electron chi connectivity index (χ4n) is 1.69. The van der Waals surface area contributed by atoms with Crippen molar-refractivity contribution in [2.75, 3.05) is 6.26 Å². The van der Waals surface area contributed by atoms with Crippen molar-refractivity contribution in [3.63, 3.8) is 0 Å². The minimum Gasteiger partial charge on any atom is -0.258 e. The molecule has 6 heteroatoms. The number of pyridine rings is 1. The van der Waals surface area contributed by atoms with Crippen LogP contribution in [0, 0.1) is 32.6 Å². The predicted molar refractivity (Wildman–Crippen MR) is 81.4 cm³/mol. The van der Waals surface area contributed by atoms with Gasteiger partial charge in [-0.15, -0.1) is 0 Å². The van der Waals surface area contributed by atoms with Gasteiger partial charge in [0.2, 0.25) is 0 Å². The average Bonchev–Trinajstić information content (AvgIpc) is 2.52. The van der Waals surface area contributed by atoms with Gasteiger partial charge in [-0.3, -0.25) is 10.1 Å².